The Bertz CT molecular complexity index is 973. The Balaban J connectivity index is 1.59. The lowest BCUT2D eigenvalue weighted by atomic mass is 10.1. The van der Waals surface area contributed by atoms with E-state index in [4.69, 9.17) is 9.26 Å². The molecule has 8 heteroatoms. The van der Waals surface area contributed by atoms with Crippen LogP contribution in [0.2, 0.25) is 0 Å². The smallest absolute Gasteiger partial charge is 0.269 e. The second-order valence-corrected chi connectivity index (χ2v) is 6.99. The molecule has 7 nitrogen and oxygen atoms in total. The Labute approximate surface area is 174 Å². The Hall–Kier alpha value is -3.29. The Kier molecular flexibility index (Phi) is 7.48. The normalized spacial score (nSPS) is 10.9. The Morgan fingerprint density at radius 2 is 1.73 bits per heavy atom. The number of nitro benzene ring substituents is 1. The zero-order valence-electron chi connectivity index (χ0n) is 16.8. The average Bonchev–Trinajstić information content (AvgIpc) is 3.24. The first-order valence-corrected chi connectivity index (χ1v) is 10.1. The second-order valence-electron chi connectivity index (χ2n) is 6.99. The molecule has 3 aromatic rings. The highest BCUT2D eigenvalue weighted by Crippen LogP contribution is 2.27. The molecule has 1 heterocycles. The molecule has 1 aromatic heterocycles. The van der Waals surface area contributed by atoms with Gasteiger partial charge in [-0.1, -0.05) is 44.2 Å². The van der Waals surface area contributed by atoms with Crippen molar-refractivity contribution < 1.29 is 18.6 Å². The van der Waals surface area contributed by atoms with Gasteiger partial charge in [-0.3, -0.25) is 10.1 Å². The van der Waals surface area contributed by atoms with Crippen LogP contribution in [-0.2, 0) is 0 Å². The van der Waals surface area contributed by atoms with Crippen LogP contribution < -0.4 is 4.74 Å². The van der Waals surface area contributed by atoms with Gasteiger partial charge in [0.05, 0.1) is 11.5 Å². The molecule has 0 saturated carbocycles. The lowest BCUT2D eigenvalue weighted by Crippen LogP contribution is -1.99. The van der Waals surface area contributed by atoms with Gasteiger partial charge in [0.25, 0.3) is 11.6 Å². The van der Waals surface area contributed by atoms with Crippen LogP contribution in [0.25, 0.3) is 22.8 Å². The molecule has 0 saturated heterocycles. The van der Waals surface area contributed by atoms with Gasteiger partial charge in [-0.05, 0) is 36.8 Å². The van der Waals surface area contributed by atoms with Gasteiger partial charge < -0.3 is 9.26 Å². The summed E-state index contributed by atoms with van der Waals surface area (Å²) in [6.07, 6.45) is 6.83. The summed E-state index contributed by atoms with van der Waals surface area (Å²) in [5.41, 5.74) is 0.969. The number of rotatable bonds is 11. The number of nitro groups is 1. The molecule has 0 aliphatic rings. The van der Waals surface area contributed by atoms with Crippen LogP contribution in [0.1, 0.15) is 45.4 Å². The first kappa shape index (κ1) is 21.4. The molecule has 0 aliphatic heterocycles. The molecule has 2 aromatic carbocycles. The van der Waals surface area contributed by atoms with Crippen LogP contribution in [0.4, 0.5) is 10.1 Å². The topological polar surface area (TPSA) is 91.3 Å². The fourth-order valence-electron chi connectivity index (χ4n) is 3.01. The number of nitrogens with zero attached hydrogens (tertiary/aromatic N) is 3. The van der Waals surface area contributed by atoms with Crippen LogP contribution in [0.5, 0.6) is 5.75 Å². The van der Waals surface area contributed by atoms with Crippen molar-refractivity contribution in [1.82, 2.24) is 10.1 Å². The third-order valence-corrected chi connectivity index (χ3v) is 4.70. The molecular formula is C22H24FN3O4. The monoisotopic (exact) mass is 413 g/mol. The van der Waals surface area contributed by atoms with Crippen LogP contribution in [0.15, 0.2) is 47.0 Å². The maximum atomic E-state index is 14.4. The second kappa shape index (κ2) is 10.5. The molecule has 0 aliphatic carbocycles. The summed E-state index contributed by atoms with van der Waals surface area (Å²) in [5.74, 6) is 0.129. The van der Waals surface area contributed by atoms with E-state index in [9.17, 15) is 14.5 Å². The summed E-state index contributed by atoms with van der Waals surface area (Å²) >= 11 is 0. The molecule has 0 bridgehead atoms. The van der Waals surface area contributed by atoms with Crippen molar-refractivity contribution >= 4 is 5.69 Å². The predicted molar refractivity (Wildman–Crippen MR) is 111 cm³/mol. The van der Waals surface area contributed by atoms with Crippen LogP contribution in [-0.4, -0.2) is 21.7 Å². The minimum atomic E-state index is -0.492. The van der Waals surface area contributed by atoms with Crippen molar-refractivity contribution in [3.8, 4) is 28.6 Å². The van der Waals surface area contributed by atoms with E-state index in [1.807, 2.05) is 0 Å². The highest BCUT2D eigenvalue weighted by Gasteiger charge is 2.14. The quantitative estimate of drug-likeness (QED) is 0.211. The summed E-state index contributed by atoms with van der Waals surface area (Å²) in [7, 11) is 0. The molecule has 158 valence electrons. The zero-order chi connectivity index (χ0) is 21.3. The number of unbranched alkanes of at least 4 members (excludes halogenated alkanes) is 5. The number of hydrogen-bond acceptors (Lipinski definition) is 6. The van der Waals surface area contributed by atoms with E-state index >= 15 is 0 Å². The molecule has 0 N–H and O–H groups in total. The average molecular weight is 413 g/mol. The summed E-state index contributed by atoms with van der Waals surface area (Å²) in [6.45, 7) is 2.66. The molecular weight excluding hydrogens is 389 g/mol. The molecule has 0 fully saturated rings. The predicted octanol–water partition coefficient (Wildman–Crippen LogP) is 6.19. The zero-order valence-corrected chi connectivity index (χ0v) is 16.8. The lowest BCUT2D eigenvalue weighted by molar-refractivity contribution is -0.384. The van der Waals surface area contributed by atoms with Gasteiger partial charge in [0.2, 0.25) is 5.82 Å². The van der Waals surface area contributed by atoms with Crippen molar-refractivity contribution in [2.75, 3.05) is 6.61 Å². The summed E-state index contributed by atoms with van der Waals surface area (Å²) in [5, 5.41) is 14.6. The van der Waals surface area contributed by atoms with E-state index in [-0.39, 0.29) is 23.2 Å². The van der Waals surface area contributed by atoms with Gasteiger partial charge in [0.15, 0.2) is 11.6 Å². The van der Waals surface area contributed by atoms with Crippen molar-refractivity contribution in [1.29, 1.82) is 0 Å². The number of benzene rings is 2. The van der Waals surface area contributed by atoms with Gasteiger partial charge in [-0.2, -0.15) is 4.98 Å². The number of non-ortho nitro benzene ring substituents is 1. The molecule has 0 atom stereocenters. The number of aromatic nitrogens is 2. The Morgan fingerprint density at radius 1 is 1.03 bits per heavy atom. The maximum absolute atomic E-state index is 14.4. The summed E-state index contributed by atoms with van der Waals surface area (Å²) in [6, 6.07) is 10.3. The molecule has 30 heavy (non-hydrogen) atoms. The number of ether oxygens (including phenoxy) is 1. The van der Waals surface area contributed by atoms with E-state index in [2.05, 4.69) is 17.1 Å². The fourth-order valence-corrected chi connectivity index (χ4v) is 3.01. The number of hydrogen-bond donors (Lipinski definition) is 0. The third kappa shape index (κ3) is 5.62. The van der Waals surface area contributed by atoms with Gasteiger partial charge >= 0.3 is 0 Å². The first-order chi connectivity index (χ1) is 14.6. The van der Waals surface area contributed by atoms with Crippen molar-refractivity contribution in [2.45, 2.75) is 45.4 Å². The molecule has 0 spiro atoms. The van der Waals surface area contributed by atoms with Gasteiger partial charge in [0, 0.05) is 23.3 Å². The minimum absolute atomic E-state index is 0.0268. The SMILES string of the molecule is CCCCCCCCOc1ccc(-c2nc(-c3ccc([N+](=O)[O-])cc3)no2)cc1F. The highest BCUT2D eigenvalue weighted by molar-refractivity contribution is 5.61. The van der Waals surface area contributed by atoms with Crippen LogP contribution in [0, 0.1) is 15.9 Å². The Morgan fingerprint density at radius 3 is 2.43 bits per heavy atom. The standard InChI is InChI=1S/C22H24FN3O4/c1-2-3-4-5-6-7-14-29-20-13-10-17(15-19(20)23)22-24-21(25-30-22)16-8-11-18(12-9-16)26(27)28/h8-13,15H,2-7,14H2,1H3. The minimum Gasteiger partial charge on any atom is -0.491 e. The first-order valence-electron chi connectivity index (χ1n) is 10.1. The third-order valence-electron chi connectivity index (χ3n) is 4.70. The number of halogens is 1. The van der Waals surface area contributed by atoms with Gasteiger partial charge in [-0.15, -0.1) is 0 Å². The molecule has 0 radical (unpaired) electrons. The van der Waals surface area contributed by atoms with Crippen molar-refractivity contribution in [3.05, 3.63) is 58.4 Å². The van der Waals surface area contributed by atoms with Crippen LogP contribution in [0.3, 0.4) is 0 Å². The van der Waals surface area contributed by atoms with E-state index < -0.39 is 10.7 Å². The van der Waals surface area contributed by atoms with Crippen molar-refractivity contribution in [3.63, 3.8) is 0 Å². The summed E-state index contributed by atoms with van der Waals surface area (Å²) in [4.78, 5) is 14.5. The maximum Gasteiger partial charge on any atom is 0.269 e. The van der Waals surface area contributed by atoms with E-state index in [1.54, 1.807) is 12.1 Å². The van der Waals surface area contributed by atoms with E-state index in [0.29, 0.717) is 17.7 Å². The summed E-state index contributed by atoms with van der Waals surface area (Å²) < 4.78 is 25.1. The van der Waals surface area contributed by atoms with E-state index in [0.717, 1.165) is 12.8 Å². The largest absolute Gasteiger partial charge is 0.491 e. The van der Waals surface area contributed by atoms with Gasteiger partial charge in [0.1, 0.15) is 0 Å². The van der Waals surface area contributed by atoms with Crippen LogP contribution >= 0.6 is 0 Å². The molecule has 0 amide bonds. The fraction of sp³-hybridized carbons (Fsp3) is 0.364. The highest BCUT2D eigenvalue weighted by atomic mass is 19.1. The van der Waals surface area contributed by atoms with E-state index in [1.165, 1.54) is 56.0 Å². The molecule has 3 rings (SSSR count). The lowest BCUT2D eigenvalue weighted by Gasteiger charge is -2.07. The molecule has 0 unspecified atom stereocenters. The van der Waals surface area contributed by atoms with Crippen molar-refractivity contribution in [2.24, 2.45) is 0 Å². The van der Waals surface area contributed by atoms with Gasteiger partial charge in [-0.25, -0.2) is 4.39 Å².